The highest BCUT2D eigenvalue weighted by Crippen LogP contribution is 1.67. The van der Waals surface area contributed by atoms with Crippen LogP contribution in [0.2, 0.25) is 0 Å². The van der Waals surface area contributed by atoms with Crippen LogP contribution in [0, 0.1) is 0 Å². The Bertz CT molecular complexity index is 52.8. The molecule has 0 bridgehead atoms. The van der Waals surface area contributed by atoms with Crippen LogP contribution in [0.5, 0.6) is 0 Å². The van der Waals surface area contributed by atoms with Crippen molar-refractivity contribution in [3.8, 4) is 0 Å². The third kappa shape index (κ3) is 3.43. The third-order valence-corrected chi connectivity index (χ3v) is 0.358. The molecule has 0 spiro atoms. The molecule has 0 amide bonds. The number of hydrogen-bond acceptors (Lipinski definition) is 2. The summed E-state index contributed by atoms with van der Waals surface area (Å²) in [5.41, 5.74) is 4.85. The van der Waals surface area contributed by atoms with Gasteiger partial charge in [-0.3, -0.25) is 4.79 Å². The molecular weight excluding hydrogens is 85.0 g/mol. The molecule has 0 fully saturated rings. The fraction of sp³-hybridized carbons (Fsp3) is 0.667. The first-order valence-corrected chi connectivity index (χ1v) is 1.69. The maximum Gasteiger partial charge on any atom is 0.304 e. The summed E-state index contributed by atoms with van der Waals surface area (Å²) in [4.78, 5) is 9.52. The summed E-state index contributed by atoms with van der Waals surface area (Å²) in [6, 6.07) is 0. The monoisotopic (exact) mass is 92.1 g/mol. The van der Waals surface area contributed by atoms with E-state index in [1.807, 2.05) is 0 Å². The molecule has 0 unspecified atom stereocenters. The fourth-order valence-corrected chi connectivity index (χ4v) is 0.123. The molecule has 0 aliphatic carbocycles. The largest absolute Gasteiger partial charge is 0.481 e. The van der Waals surface area contributed by atoms with Gasteiger partial charge in [0.1, 0.15) is 0 Å². The van der Waals surface area contributed by atoms with Gasteiger partial charge in [0, 0.05) is 6.54 Å². The summed E-state index contributed by atoms with van der Waals surface area (Å²) >= 11 is 0. The molecular formula is C3H7NO2. The lowest BCUT2D eigenvalue weighted by molar-refractivity contribution is -0.136. The van der Waals surface area contributed by atoms with Gasteiger partial charge in [0.2, 0.25) is 0 Å². The number of nitrogens with two attached hydrogens (primary N) is 1. The quantitative estimate of drug-likeness (QED) is 0.354. The summed E-state index contributed by atoms with van der Waals surface area (Å²) in [6.07, 6.45) is 0.0694. The van der Waals surface area contributed by atoms with E-state index < -0.39 is 5.97 Å². The molecule has 0 heterocycles. The zero-order chi connectivity index (χ0) is 4.99. The second-order valence-electron chi connectivity index (χ2n) is 0.932. The van der Waals surface area contributed by atoms with Crippen molar-refractivity contribution in [2.75, 3.05) is 6.54 Å². The Balaban J connectivity index is 2.83. The molecule has 6 heavy (non-hydrogen) atoms. The lowest BCUT2D eigenvalue weighted by Crippen LogP contribution is -2.05. The molecule has 3 N–H and O–H groups in total. The highest BCUT2D eigenvalue weighted by Gasteiger charge is 1.87. The second-order valence-corrected chi connectivity index (χ2v) is 0.932. The van der Waals surface area contributed by atoms with Gasteiger partial charge in [-0.2, -0.15) is 0 Å². The Morgan fingerprint density at radius 1 is 1.83 bits per heavy atom. The van der Waals surface area contributed by atoms with E-state index in [-0.39, 0.29) is 13.0 Å². The Morgan fingerprint density at radius 2 is 2.33 bits per heavy atom. The van der Waals surface area contributed by atoms with E-state index in [1.54, 1.807) is 0 Å². The number of carbonyl (C=O) groups is 1. The standard InChI is InChI=1S/C3H7NO2/c4-2-1-3(5)6/h1-2,4H2,(H,5,6)/i2+1,3+1,4+1. The Labute approximate surface area is 35.8 Å². The van der Waals surface area contributed by atoms with Crippen molar-refractivity contribution in [1.29, 1.82) is 0 Å². The highest BCUT2D eigenvalue weighted by atomic mass is 16.5. The SMILES string of the molecule is [15NH2][13CH2]C[13C](=O)O. The van der Waals surface area contributed by atoms with E-state index in [4.69, 9.17) is 10.8 Å². The Kier molecular flexibility index (Phi) is 2.40. The fourth-order valence-electron chi connectivity index (χ4n) is 0.123. The number of carboxylic acids is 1. The van der Waals surface area contributed by atoms with Gasteiger partial charge in [0.25, 0.3) is 0 Å². The van der Waals surface area contributed by atoms with Crippen molar-refractivity contribution < 1.29 is 9.90 Å². The minimum Gasteiger partial charge on any atom is -0.481 e. The lowest BCUT2D eigenvalue weighted by Gasteiger charge is -1.80. The first kappa shape index (κ1) is 5.43. The van der Waals surface area contributed by atoms with E-state index in [1.165, 1.54) is 0 Å². The van der Waals surface area contributed by atoms with Gasteiger partial charge in [-0.25, -0.2) is 0 Å². The predicted octanol–water partition coefficient (Wildman–Crippen LogP) is -0.580. The average molecular weight is 92.1 g/mol. The molecule has 0 radical (unpaired) electrons. The Hall–Kier alpha value is -0.570. The van der Waals surface area contributed by atoms with E-state index >= 15 is 0 Å². The molecule has 3 nitrogen and oxygen atoms in total. The minimum atomic E-state index is -0.836. The molecule has 0 aliphatic heterocycles. The van der Waals surface area contributed by atoms with Gasteiger partial charge >= 0.3 is 5.97 Å². The highest BCUT2D eigenvalue weighted by molar-refractivity contribution is 5.66. The lowest BCUT2D eigenvalue weighted by atomic mass is 10.9. The number of rotatable bonds is 2. The summed E-state index contributed by atoms with van der Waals surface area (Å²) in [5.74, 6) is -0.836. The van der Waals surface area contributed by atoms with E-state index in [9.17, 15) is 4.79 Å². The Morgan fingerprint density at radius 3 is 2.33 bits per heavy atom. The topological polar surface area (TPSA) is 63.3 Å². The summed E-state index contributed by atoms with van der Waals surface area (Å²) in [6.45, 7) is 0.231. The molecule has 3 heteroatoms. The molecule has 0 atom stereocenters. The molecule has 0 aromatic carbocycles. The molecule has 0 rings (SSSR count). The van der Waals surface area contributed by atoms with Crippen LogP contribution in [0.1, 0.15) is 6.42 Å². The second kappa shape index (κ2) is 2.66. The average Bonchev–Trinajstić information content (AvgIpc) is 1.35. The maximum atomic E-state index is 9.52. The van der Waals surface area contributed by atoms with Crippen LogP contribution in [0.15, 0.2) is 0 Å². The predicted molar refractivity (Wildman–Crippen MR) is 21.3 cm³/mol. The van der Waals surface area contributed by atoms with E-state index in [0.29, 0.717) is 0 Å². The normalized spacial score (nSPS) is 8.17. The van der Waals surface area contributed by atoms with E-state index in [0.717, 1.165) is 0 Å². The van der Waals surface area contributed by atoms with Crippen LogP contribution in [0.25, 0.3) is 0 Å². The van der Waals surface area contributed by atoms with Gasteiger partial charge in [-0.05, 0) is 0 Å². The zero-order valence-corrected chi connectivity index (χ0v) is 3.35. The van der Waals surface area contributed by atoms with Crippen LogP contribution >= 0.6 is 0 Å². The van der Waals surface area contributed by atoms with Gasteiger partial charge in [-0.1, -0.05) is 0 Å². The molecule has 0 aromatic heterocycles. The third-order valence-electron chi connectivity index (χ3n) is 0.358. The van der Waals surface area contributed by atoms with Gasteiger partial charge in [0.05, 0.1) is 6.42 Å². The van der Waals surface area contributed by atoms with Crippen LogP contribution in [-0.4, -0.2) is 17.6 Å². The summed E-state index contributed by atoms with van der Waals surface area (Å²) < 4.78 is 0. The molecule has 0 saturated heterocycles. The zero-order valence-electron chi connectivity index (χ0n) is 3.35. The van der Waals surface area contributed by atoms with Crippen LogP contribution in [0.3, 0.4) is 0 Å². The van der Waals surface area contributed by atoms with Crippen molar-refractivity contribution in [3.63, 3.8) is 0 Å². The molecule has 0 aromatic rings. The van der Waals surface area contributed by atoms with Gasteiger partial charge in [0.15, 0.2) is 0 Å². The van der Waals surface area contributed by atoms with Crippen LogP contribution in [0.4, 0.5) is 0 Å². The van der Waals surface area contributed by atoms with Crippen molar-refractivity contribution in [2.45, 2.75) is 6.42 Å². The van der Waals surface area contributed by atoms with Crippen molar-refractivity contribution >= 4 is 5.97 Å². The van der Waals surface area contributed by atoms with Gasteiger partial charge < -0.3 is 10.8 Å². The molecule has 0 aliphatic rings. The van der Waals surface area contributed by atoms with Crippen LogP contribution in [-0.2, 0) is 4.79 Å². The van der Waals surface area contributed by atoms with Crippen molar-refractivity contribution in [3.05, 3.63) is 0 Å². The van der Waals surface area contributed by atoms with Crippen LogP contribution < -0.4 is 5.73 Å². The van der Waals surface area contributed by atoms with Gasteiger partial charge in [-0.15, -0.1) is 0 Å². The number of hydrogen-bond donors (Lipinski definition) is 2. The first-order chi connectivity index (χ1) is 2.77. The smallest absolute Gasteiger partial charge is 0.304 e. The van der Waals surface area contributed by atoms with Crippen molar-refractivity contribution in [2.24, 2.45) is 5.73 Å². The summed E-state index contributed by atoms with van der Waals surface area (Å²) in [5, 5.41) is 7.83. The molecule has 36 valence electrons. The van der Waals surface area contributed by atoms with Crippen molar-refractivity contribution in [1.82, 2.24) is 0 Å². The number of aliphatic carboxylic acids is 1. The summed E-state index contributed by atoms with van der Waals surface area (Å²) in [7, 11) is 0. The first-order valence-electron chi connectivity index (χ1n) is 1.69. The minimum absolute atomic E-state index is 0.0694. The molecule has 0 saturated carbocycles. The number of carboxylic acid groups (broad SMARTS) is 1. The van der Waals surface area contributed by atoms with E-state index in [2.05, 4.69) is 0 Å². The maximum absolute atomic E-state index is 9.52.